The fraction of sp³-hybridized carbons (Fsp3) is 0.188. The van der Waals surface area contributed by atoms with E-state index >= 15 is 0 Å². The molecule has 1 heterocycles. The quantitative estimate of drug-likeness (QED) is 0.880. The van der Waals surface area contributed by atoms with Gasteiger partial charge in [0.15, 0.2) is 5.78 Å². The van der Waals surface area contributed by atoms with Gasteiger partial charge in [-0.25, -0.2) is 4.79 Å². The first-order valence-corrected chi connectivity index (χ1v) is 6.42. The van der Waals surface area contributed by atoms with Crippen molar-refractivity contribution in [3.8, 4) is 0 Å². The van der Waals surface area contributed by atoms with Crippen LogP contribution in [0.4, 0.5) is 5.69 Å². The molecular weight excluding hydrogens is 270 g/mol. The summed E-state index contributed by atoms with van der Waals surface area (Å²) in [5.74, 6) is -0.119. The van der Waals surface area contributed by atoms with Crippen molar-refractivity contribution in [2.24, 2.45) is 0 Å². The summed E-state index contributed by atoms with van der Waals surface area (Å²) in [4.78, 5) is 34.7. The van der Waals surface area contributed by atoms with Crippen LogP contribution in [-0.2, 0) is 0 Å². The van der Waals surface area contributed by atoms with E-state index < -0.39 is 5.63 Å². The van der Waals surface area contributed by atoms with Gasteiger partial charge in [0.05, 0.1) is 5.56 Å². The van der Waals surface area contributed by atoms with Gasteiger partial charge in [0.1, 0.15) is 5.76 Å². The zero-order chi connectivity index (χ0) is 15.6. The van der Waals surface area contributed by atoms with Gasteiger partial charge < -0.3 is 9.73 Å². The lowest BCUT2D eigenvalue weighted by Gasteiger charge is -2.09. The van der Waals surface area contributed by atoms with E-state index in [1.165, 1.54) is 13.0 Å². The molecule has 1 N–H and O–H groups in total. The van der Waals surface area contributed by atoms with Gasteiger partial charge >= 0.3 is 5.63 Å². The van der Waals surface area contributed by atoms with Crippen LogP contribution < -0.4 is 10.9 Å². The van der Waals surface area contributed by atoms with Gasteiger partial charge in [-0.05, 0) is 50.6 Å². The van der Waals surface area contributed by atoms with Crippen molar-refractivity contribution < 1.29 is 14.0 Å². The predicted molar refractivity (Wildman–Crippen MR) is 78.9 cm³/mol. The van der Waals surface area contributed by atoms with Crippen molar-refractivity contribution >= 4 is 17.4 Å². The van der Waals surface area contributed by atoms with E-state index in [9.17, 15) is 14.4 Å². The fourth-order valence-corrected chi connectivity index (χ4v) is 2.08. The van der Waals surface area contributed by atoms with Crippen molar-refractivity contribution in [3.63, 3.8) is 0 Å². The number of hydrogen-bond donors (Lipinski definition) is 1. The molecular formula is C16H15NO4. The number of rotatable bonds is 3. The monoisotopic (exact) mass is 285 g/mol. The minimum absolute atomic E-state index is 0.0376. The van der Waals surface area contributed by atoms with Crippen LogP contribution in [0, 0.1) is 13.8 Å². The number of amides is 1. The third-order valence-electron chi connectivity index (χ3n) is 3.11. The Morgan fingerprint density at radius 3 is 2.24 bits per heavy atom. The molecule has 0 fully saturated rings. The lowest BCUT2D eigenvalue weighted by molar-refractivity contribution is 0.101. The lowest BCUT2D eigenvalue weighted by atomic mass is 10.1. The summed E-state index contributed by atoms with van der Waals surface area (Å²) in [7, 11) is 0. The summed E-state index contributed by atoms with van der Waals surface area (Å²) in [5.41, 5.74) is 1.56. The molecule has 1 amide bonds. The molecule has 0 saturated heterocycles. The van der Waals surface area contributed by atoms with Gasteiger partial charge in [-0.1, -0.05) is 0 Å². The highest BCUT2D eigenvalue weighted by atomic mass is 16.4. The van der Waals surface area contributed by atoms with Gasteiger partial charge in [-0.15, -0.1) is 0 Å². The van der Waals surface area contributed by atoms with Gasteiger partial charge in [0.25, 0.3) is 5.91 Å². The summed E-state index contributed by atoms with van der Waals surface area (Å²) >= 11 is 0. The molecule has 0 aliphatic carbocycles. The summed E-state index contributed by atoms with van der Waals surface area (Å²) in [6, 6.07) is 7.86. The largest absolute Gasteiger partial charge is 0.427 e. The smallest absolute Gasteiger partial charge is 0.336 e. The van der Waals surface area contributed by atoms with Crippen LogP contribution in [0.1, 0.15) is 39.0 Å². The third-order valence-corrected chi connectivity index (χ3v) is 3.11. The molecule has 2 rings (SSSR count). The molecule has 0 aliphatic rings. The van der Waals surface area contributed by atoms with E-state index in [1.54, 1.807) is 38.1 Å². The molecule has 1 aromatic heterocycles. The van der Waals surface area contributed by atoms with E-state index in [4.69, 9.17) is 4.42 Å². The summed E-state index contributed by atoms with van der Waals surface area (Å²) in [6.45, 7) is 4.73. The van der Waals surface area contributed by atoms with Gasteiger partial charge in [0, 0.05) is 17.3 Å². The number of anilines is 1. The Hall–Kier alpha value is -2.69. The molecule has 0 saturated carbocycles. The summed E-state index contributed by atoms with van der Waals surface area (Å²) in [5, 5.41) is 2.71. The number of carbonyl (C=O) groups excluding carboxylic acids is 2. The summed E-state index contributed by atoms with van der Waals surface area (Å²) in [6.07, 6.45) is 0. The van der Waals surface area contributed by atoms with Gasteiger partial charge in [-0.2, -0.15) is 0 Å². The van der Waals surface area contributed by atoms with Crippen molar-refractivity contribution in [1.82, 2.24) is 0 Å². The number of Topliss-reactive ketones (excluding diaryl/α,β-unsaturated/α-hetero) is 1. The minimum Gasteiger partial charge on any atom is -0.427 e. The third kappa shape index (κ3) is 3.25. The molecule has 0 aliphatic heterocycles. The molecule has 1 aromatic carbocycles. The molecule has 0 radical (unpaired) electrons. The lowest BCUT2D eigenvalue weighted by Crippen LogP contribution is -2.17. The number of benzene rings is 1. The Labute approximate surface area is 121 Å². The average Bonchev–Trinajstić information content (AvgIpc) is 2.37. The maximum atomic E-state index is 12.2. The molecule has 5 heteroatoms. The number of hydrogen-bond acceptors (Lipinski definition) is 4. The molecule has 21 heavy (non-hydrogen) atoms. The van der Waals surface area contributed by atoms with Crippen LogP contribution >= 0.6 is 0 Å². The zero-order valence-electron chi connectivity index (χ0n) is 12.0. The van der Waals surface area contributed by atoms with E-state index in [1.807, 2.05) is 0 Å². The maximum absolute atomic E-state index is 12.2. The Morgan fingerprint density at radius 2 is 1.71 bits per heavy atom. The first-order chi connectivity index (χ1) is 9.88. The molecule has 0 bridgehead atoms. The fourth-order valence-electron chi connectivity index (χ4n) is 2.08. The van der Waals surface area contributed by atoms with Gasteiger partial charge in [0.2, 0.25) is 0 Å². The molecule has 0 atom stereocenters. The topological polar surface area (TPSA) is 76.4 Å². The second-order valence-electron chi connectivity index (χ2n) is 4.77. The number of carbonyl (C=O) groups is 2. The number of aryl methyl sites for hydroxylation is 2. The van der Waals surface area contributed by atoms with Crippen LogP contribution in [0.2, 0.25) is 0 Å². The van der Waals surface area contributed by atoms with Crippen LogP contribution in [0.25, 0.3) is 0 Å². The zero-order valence-corrected chi connectivity index (χ0v) is 12.0. The van der Waals surface area contributed by atoms with E-state index in [2.05, 4.69) is 5.32 Å². The standard InChI is InChI=1S/C16H15NO4/c1-9-8-14(19)21-11(3)15(9)16(20)17-13-6-4-12(5-7-13)10(2)18/h4-8H,1-3H3,(H,17,20). The highest BCUT2D eigenvalue weighted by molar-refractivity contribution is 6.06. The molecule has 0 spiro atoms. The molecule has 108 valence electrons. The van der Waals surface area contributed by atoms with Crippen LogP contribution in [0.3, 0.4) is 0 Å². The van der Waals surface area contributed by atoms with Crippen molar-refractivity contribution in [2.75, 3.05) is 5.32 Å². The predicted octanol–water partition coefficient (Wildman–Crippen LogP) is 2.71. The Bertz CT molecular complexity index is 731. The molecule has 0 unspecified atom stereocenters. The maximum Gasteiger partial charge on any atom is 0.336 e. The highest BCUT2D eigenvalue weighted by Crippen LogP contribution is 2.15. The first kappa shape index (κ1) is 14.7. The van der Waals surface area contributed by atoms with Crippen LogP contribution in [-0.4, -0.2) is 11.7 Å². The normalized spacial score (nSPS) is 10.2. The van der Waals surface area contributed by atoms with Crippen molar-refractivity contribution in [1.29, 1.82) is 0 Å². The summed E-state index contributed by atoms with van der Waals surface area (Å²) < 4.78 is 4.94. The second kappa shape index (κ2) is 5.75. The molecule has 5 nitrogen and oxygen atoms in total. The van der Waals surface area contributed by atoms with Crippen LogP contribution in [0.5, 0.6) is 0 Å². The number of nitrogens with one attached hydrogen (secondary N) is 1. The van der Waals surface area contributed by atoms with Crippen LogP contribution in [0.15, 0.2) is 39.5 Å². The molecule has 2 aromatic rings. The van der Waals surface area contributed by atoms with Gasteiger partial charge in [-0.3, -0.25) is 9.59 Å². The Kier molecular flexibility index (Phi) is 4.03. The van der Waals surface area contributed by atoms with E-state index in [-0.39, 0.29) is 17.5 Å². The minimum atomic E-state index is -0.479. The Balaban J connectivity index is 2.26. The highest BCUT2D eigenvalue weighted by Gasteiger charge is 2.15. The van der Waals surface area contributed by atoms with E-state index in [0.29, 0.717) is 22.4 Å². The number of ketones is 1. The SMILES string of the molecule is CC(=O)c1ccc(NC(=O)c2c(C)cc(=O)oc2C)cc1. The first-order valence-electron chi connectivity index (χ1n) is 6.42. The van der Waals surface area contributed by atoms with Crippen molar-refractivity contribution in [3.05, 3.63) is 63.2 Å². The second-order valence-corrected chi connectivity index (χ2v) is 4.77. The Morgan fingerprint density at radius 1 is 1.10 bits per heavy atom. The average molecular weight is 285 g/mol. The van der Waals surface area contributed by atoms with E-state index in [0.717, 1.165) is 0 Å². The van der Waals surface area contributed by atoms with Crippen molar-refractivity contribution in [2.45, 2.75) is 20.8 Å².